The third-order valence-corrected chi connectivity index (χ3v) is 2.50. The molecule has 0 unspecified atom stereocenters. The highest BCUT2D eigenvalue weighted by molar-refractivity contribution is 5.89. The lowest BCUT2D eigenvalue weighted by molar-refractivity contribution is -0.114. The Balaban J connectivity index is 2.34. The molecule has 3 nitrogen and oxygen atoms in total. The second-order valence-electron chi connectivity index (χ2n) is 3.93. The van der Waals surface area contributed by atoms with Crippen LogP contribution in [0.1, 0.15) is 12.5 Å². The molecule has 0 radical (unpaired) electrons. The molecule has 1 aromatic carbocycles. The van der Waals surface area contributed by atoms with Gasteiger partial charge in [-0.3, -0.25) is 9.78 Å². The lowest BCUT2D eigenvalue weighted by Crippen LogP contribution is -2.06. The standard InChI is InChI=1S/C14H14N2O/c1-10-9-12(14-5-3-4-8-15-14)6-7-13(10)16-11(2)17/h3-9H,1-2H3,(H,16,17). The molecule has 0 aliphatic carbocycles. The van der Waals surface area contributed by atoms with Gasteiger partial charge in [0.05, 0.1) is 5.69 Å². The first-order valence-corrected chi connectivity index (χ1v) is 5.46. The fourth-order valence-corrected chi connectivity index (χ4v) is 1.69. The Morgan fingerprint density at radius 2 is 2.06 bits per heavy atom. The van der Waals surface area contributed by atoms with Gasteiger partial charge < -0.3 is 5.32 Å². The van der Waals surface area contributed by atoms with E-state index < -0.39 is 0 Å². The first-order valence-electron chi connectivity index (χ1n) is 5.46. The minimum absolute atomic E-state index is 0.0568. The van der Waals surface area contributed by atoms with Crippen molar-refractivity contribution < 1.29 is 4.79 Å². The lowest BCUT2D eigenvalue weighted by atomic mass is 10.1. The highest BCUT2D eigenvalue weighted by atomic mass is 16.1. The van der Waals surface area contributed by atoms with Gasteiger partial charge in [-0.25, -0.2) is 0 Å². The maximum absolute atomic E-state index is 11.0. The summed E-state index contributed by atoms with van der Waals surface area (Å²) in [5, 5.41) is 2.79. The molecule has 2 rings (SSSR count). The van der Waals surface area contributed by atoms with Crippen LogP contribution in [0.2, 0.25) is 0 Å². The lowest BCUT2D eigenvalue weighted by Gasteiger charge is -2.08. The number of amides is 1. The van der Waals surface area contributed by atoms with Crippen molar-refractivity contribution in [3.05, 3.63) is 48.2 Å². The van der Waals surface area contributed by atoms with Crippen LogP contribution >= 0.6 is 0 Å². The van der Waals surface area contributed by atoms with Gasteiger partial charge in [0, 0.05) is 24.4 Å². The summed E-state index contributed by atoms with van der Waals surface area (Å²) in [5.41, 5.74) is 3.86. The molecule has 0 aliphatic rings. The largest absolute Gasteiger partial charge is 0.326 e. The number of aromatic nitrogens is 1. The Morgan fingerprint density at radius 3 is 2.65 bits per heavy atom. The number of rotatable bonds is 2. The average Bonchev–Trinajstić information content (AvgIpc) is 2.32. The van der Waals surface area contributed by atoms with Crippen LogP contribution in [0.15, 0.2) is 42.6 Å². The van der Waals surface area contributed by atoms with Crippen molar-refractivity contribution in [1.29, 1.82) is 0 Å². The van der Waals surface area contributed by atoms with E-state index in [4.69, 9.17) is 0 Å². The summed E-state index contributed by atoms with van der Waals surface area (Å²) in [4.78, 5) is 15.3. The number of hydrogen-bond acceptors (Lipinski definition) is 2. The molecule has 0 atom stereocenters. The van der Waals surface area contributed by atoms with Crippen molar-refractivity contribution in [3.8, 4) is 11.3 Å². The summed E-state index contributed by atoms with van der Waals surface area (Å²) in [6.45, 7) is 3.48. The minimum Gasteiger partial charge on any atom is -0.326 e. The molecule has 0 spiro atoms. The highest BCUT2D eigenvalue weighted by Gasteiger charge is 2.03. The van der Waals surface area contributed by atoms with Crippen LogP contribution in [0.4, 0.5) is 5.69 Å². The highest BCUT2D eigenvalue weighted by Crippen LogP contribution is 2.23. The molecular weight excluding hydrogens is 212 g/mol. The fourth-order valence-electron chi connectivity index (χ4n) is 1.69. The summed E-state index contributed by atoms with van der Waals surface area (Å²) >= 11 is 0. The van der Waals surface area contributed by atoms with Gasteiger partial charge >= 0.3 is 0 Å². The zero-order valence-corrected chi connectivity index (χ0v) is 9.90. The van der Waals surface area contributed by atoms with E-state index in [9.17, 15) is 4.79 Å². The Morgan fingerprint density at radius 1 is 1.24 bits per heavy atom. The molecule has 1 N–H and O–H groups in total. The van der Waals surface area contributed by atoms with E-state index in [-0.39, 0.29) is 5.91 Å². The second kappa shape index (κ2) is 4.78. The zero-order valence-electron chi connectivity index (χ0n) is 9.90. The quantitative estimate of drug-likeness (QED) is 0.855. The van der Waals surface area contributed by atoms with Gasteiger partial charge in [-0.2, -0.15) is 0 Å². The summed E-state index contributed by atoms with van der Waals surface area (Å²) in [5.74, 6) is -0.0568. The number of carbonyl (C=O) groups is 1. The molecule has 2 aromatic rings. The Hall–Kier alpha value is -2.16. The van der Waals surface area contributed by atoms with Crippen LogP contribution in [0.5, 0.6) is 0 Å². The van der Waals surface area contributed by atoms with Crippen LogP contribution in [0, 0.1) is 6.92 Å². The van der Waals surface area contributed by atoms with E-state index in [1.807, 2.05) is 43.3 Å². The van der Waals surface area contributed by atoms with Gasteiger partial charge in [0.2, 0.25) is 5.91 Å². The van der Waals surface area contributed by atoms with Crippen LogP contribution in [0.25, 0.3) is 11.3 Å². The molecule has 1 amide bonds. The number of benzene rings is 1. The smallest absolute Gasteiger partial charge is 0.221 e. The van der Waals surface area contributed by atoms with E-state index in [1.165, 1.54) is 6.92 Å². The number of carbonyl (C=O) groups excluding carboxylic acids is 1. The van der Waals surface area contributed by atoms with Gasteiger partial charge in [-0.05, 0) is 36.8 Å². The second-order valence-corrected chi connectivity index (χ2v) is 3.93. The third-order valence-electron chi connectivity index (χ3n) is 2.50. The predicted molar refractivity (Wildman–Crippen MR) is 68.7 cm³/mol. The van der Waals surface area contributed by atoms with Crippen LogP contribution in [-0.4, -0.2) is 10.9 Å². The Labute approximate surface area is 101 Å². The summed E-state index contributed by atoms with van der Waals surface area (Å²) in [6, 6.07) is 11.7. The van der Waals surface area contributed by atoms with Crippen molar-refractivity contribution in [2.45, 2.75) is 13.8 Å². The molecule has 1 heterocycles. The molecule has 0 saturated carbocycles. The zero-order chi connectivity index (χ0) is 12.3. The van der Waals surface area contributed by atoms with Gasteiger partial charge in [-0.1, -0.05) is 12.1 Å². The topological polar surface area (TPSA) is 42.0 Å². The monoisotopic (exact) mass is 226 g/mol. The molecule has 1 aromatic heterocycles. The molecular formula is C14H14N2O. The molecule has 3 heteroatoms. The van der Waals surface area contributed by atoms with Gasteiger partial charge in [0.25, 0.3) is 0 Å². The van der Waals surface area contributed by atoms with E-state index in [1.54, 1.807) is 6.20 Å². The van der Waals surface area contributed by atoms with E-state index in [0.29, 0.717) is 0 Å². The van der Waals surface area contributed by atoms with E-state index >= 15 is 0 Å². The number of anilines is 1. The van der Waals surface area contributed by atoms with Crippen LogP contribution in [0.3, 0.4) is 0 Å². The fraction of sp³-hybridized carbons (Fsp3) is 0.143. The van der Waals surface area contributed by atoms with Gasteiger partial charge in [0.15, 0.2) is 0 Å². The first kappa shape index (κ1) is 11.3. The normalized spacial score (nSPS) is 10.0. The number of nitrogens with zero attached hydrogens (tertiary/aromatic N) is 1. The average molecular weight is 226 g/mol. The molecule has 0 fully saturated rings. The molecule has 86 valence electrons. The van der Waals surface area contributed by atoms with Gasteiger partial charge in [0.1, 0.15) is 0 Å². The van der Waals surface area contributed by atoms with Crippen molar-refractivity contribution in [3.63, 3.8) is 0 Å². The molecule has 0 bridgehead atoms. The summed E-state index contributed by atoms with van der Waals surface area (Å²) < 4.78 is 0. The Kier molecular flexibility index (Phi) is 3.19. The third kappa shape index (κ3) is 2.69. The molecule has 0 saturated heterocycles. The van der Waals surface area contributed by atoms with Crippen molar-refractivity contribution in [2.75, 3.05) is 5.32 Å². The van der Waals surface area contributed by atoms with Crippen molar-refractivity contribution >= 4 is 11.6 Å². The molecule has 17 heavy (non-hydrogen) atoms. The van der Waals surface area contributed by atoms with Crippen LogP contribution in [-0.2, 0) is 4.79 Å². The summed E-state index contributed by atoms with van der Waals surface area (Å²) in [6.07, 6.45) is 1.77. The molecule has 0 aliphatic heterocycles. The minimum atomic E-state index is -0.0568. The maximum Gasteiger partial charge on any atom is 0.221 e. The number of nitrogens with one attached hydrogen (secondary N) is 1. The van der Waals surface area contributed by atoms with Crippen molar-refractivity contribution in [2.24, 2.45) is 0 Å². The summed E-state index contributed by atoms with van der Waals surface area (Å²) in [7, 11) is 0. The van der Waals surface area contributed by atoms with Crippen molar-refractivity contribution in [1.82, 2.24) is 4.98 Å². The number of pyridine rings is 1. The number of hydrogen-bond donors (Lipinski definition) is 1. The van der Waals surface area contributed by atoms with Crippen LogP contribution < -0.4 is 5.32 Å². The first-order chi connectivity index (χ1) is 8.16. The van der Waals surface area contributed by atoms with E-state index in [0.717, 1.165) is 22.5 Å². The number of aryl methyl sites for hydroxylation is 1. The van der Waals surface area contributed by atoms with Gasteiger partial charge in [-0.15, -0.1) is 0 Å². The van der Waals surface area contributed by atoms with E-state index in [2.05, 4.69) is 10.3 Å². The predicted octanol–water partition coefficient (Wildman–Crippen LogP) is 3.02. The maximum atomic E-state index is 11.0. The Bertz CT molecular complexity index is 535. The SMILES string of the molecule is CC(=O)Nc1ccc(-c2ccccn2)cc1C.